The van der Waals surface area contributed by atoms with Gasteiger partial charge in [0.2, 0.25) is 5.91 Å². The standard InChI is InChI=1S/C23H28N4O2/c1-15(2)21(26-22(28)18-9-7-8-16(3)14-18)23(29)24-12-13-27-17(4)25-19-10-5-6-11-20(19)27/h5-11,14-15,21H,12-13H2,1-4H3,(H,24,29)(H,26,28). The van der Waals surface area contributed by atoms with Crippen molar-refractivity contribution in [2.75, 3.05) is 6.54 Å². The van der Waals surface area contributed by atoms with Crippen LogP contribution in [0.3, 0.4) is 0 Å². The third-order valence-electron chi connectivity index (χ3n) is 5.00. The lowest BCUT2D eigenvalue weighted by Crippen LogP contribution is -2.50. The first kappa shape index (κ1) is 20.6. The second-order valence-electron chi connectivity index (χ2n) is 7.66. The van der Waals surface area contributed by atoms with Gasteiger partial charge in [-0.3, -0.25) is 9.59 Å². The molecule has 0 spiro atoms. The van der Waals surface area contributed by atoms with E-state index in [9.17, 15) is 9.59 Å². The lowest BCUT2D eigenvalue weighted by atomic mass is 10.0. The zero-order chi connectivity index (χ0) is 21.0. The molecule has 0 saturated heterocycles. The van der Waals surface area contributed by atoms with E-state index in [0.717, 1.165) is 22.4 Å². The third-order valence-corrected chi connectivity index (χ3v) is 5.00. The number of aryl methyl sites for hydroxylation is 2. The molecule has 3 aromatic rings. The van der Waals surface area contributed by atoms with Gasteiger partial charge in [0, 0.05) is 18.7 Å². The number of aromatic nitrogens is 2. The Balaban J connectivity index is 1.62. The summed E-state index contributed by atoms with van der Waals surface area (Å²) >= 11 is 0. The lowest BCUT2D eigenvalue weighted by molar-refractivity contribution is -0.123. The highest BCUT2D eigenvalue weighted by molar-refractivity contribution is 5.97. The van der Waals surface area contributed by atoms with E-state index in [2.05, 4.69) is 20.2 Å². The van der Waals surface area contributed by atoms with E-state index in [1.54, 1.807) is 6.07 Å². The highest BCUT2D eigenvalue weighted by atomic mass is 16.2. The Labute approximate surface area is 171 Å². The molecule has 3 rings (SSSR count). The summed E-state index contributed by atoms with van der Waals surface area (Å²) in [5.74, 6) is 0.468. The lowest BCUT2D eigenvalue weighted by Gasteiger charge is -2.22. The van der Waals surface area contributed by atoms with Crippen LogP contribution in [0, 0.1) is 19.8 Å². The van der Waals surface area contributed by atoms with E-state index in [1.807, 2.05) is 70.2 Å². The quantitative estimate of drug-likeness (QED) is 0.648. The van der Waals surface area contributed by atoms with Crippen molar-refractivity contribution >= 4 is 22.8 Å². The minimum Gasteiger partial charge on any atom is -0.353 e. The van der Waals surface area contributed by atoms with Gasteiger partial charge in [0.25, 0.3) is 5.91 Å². The molecule has 152 valence electrons. The van der Waals surface area contributed by atoms with Gasteiger partial charge in [-0.2, -0.15) is 0 Å². The van der Waals surface area contributed by atoms with Crippen LogP contribution >= 0.6 is 0 Å². The minimum absolute atomic E-state index is 0.0282. The summed E-state index contributed by atoms with van der Waals surface area (Å²) in [4.78, 5) is 29.9. The topological polar surface area (TPSA) is 76.0 Å². The van der Waals surface area contributed by atoms with Crippen molar-refractivity contribution in [3.05, 3.63) is 65.5 Å². The molecule has 0 aliphatic carbocycles. The van der Waals surface area contributed by atoms with Crippen molar-refractivity contribution in [1.29, 1.82) is 0 Å². The van der Waals surface area contributed by atoms with Crippen molar-refractivity contribution in [2.24, 2.45) is 5.92 Å². The number of nitrogens with zero attached hydrogens (tertiary/aromatic N) is 2. The Morgan fingerprint density at radius 1 is 1.07 bits per heavy atom. The first-order chi connectivity index (χ1) is 13.9. The monoisotopic (exact) mass is 392 g/mol. The van der Waals surface area contributed by atoms with Gasteiger partial charge >= 0.3 is 0 Å². The number of hydrogen-bond donors (Lipinski definition) is 2. The van der Waals surface area contributed by atoms with Gasteiger partial charge in [-0.15, -0.1) is 0 Å². The van der Waals surface area contributed by atoms with Gasteiger partial charge in [0.05, 0.1) is 11.0 Å². The molecule has 2 amide bonds. The second kappa shape index (κ2) is 8.90. The summed E-state index contributed by atoms with van der Waals surface area (Å²) in [7, 11) is 0. The highest BCUT2D eigenvalue weighted by Crippen LogP contribution is 2.15. The number of nitrogens with one attached hydrogen (secondary N) is 2. The van der Waals surface area contributed by atoms with Crippen LogP contribution in [-0.2, 0) is 11.3 Å². The summed E-state index contributed by atoms with van der Waals surface area (Å²) in [6, 6.07) is 14.7. The van der Waals surface area contributed by atoms with Crippen molar-refractivity contribution in [3.63, 3.8) is 0 Å². The number of amides is 2. The fourth-order valence-electron chi connectivity index (χ4n) is 3.42. The average molecular weight is 393 g/mol. The molecule has 29 heavy (non-hydrogen) atoms. The number of carbonyl (C=O) groups excluding carboxylic acids is 2. The molecular weight excluding hydrogens is 364 g/mol. The van der Waals surface area contributed by atoms with E-state index >= 15 is 0 Å². The van der Waals surface area contributed by atoms with E-state index in [0.29, 0.717) is 18.7 Å². The van der Waals surface area contributed by atoms with E-state index < -0.39 is 6.04 Å². The molecule has 0 bridgehead atoms. The van der Waals surface area contributed by atoms with Crippen LogP contribution in [0.5, 0.6) is 0 Å². The molecule has 2 aromatic carbocycles. The Morgan fingerprint density at radius 3 is 2.55 bits per heavy atom. The first-order valence-electron chi connectivity index (χ1n) is 9.94. The van der Waals surface area contributed by atoms with Crippen LogP contribution in [-0.4, -0.2) is 34.0 Å². The van der Waals surface area contributed by atoms with Crippen molar-refractivity contribution in [1.82, 2.24) is 20.2 Å². The Bertz CT molecular complexity index is 1020. The first-order valence-corrected chi connectivity index (χ1v) is 9.94. The van der Waals surface area contributed by atoms with E-state index in [1.165, 1.54) is 0 Å². The predicted octanol–water partition coefficient (Wildman–Crippen LogP) is 3.22. The van der Waals surface area contributed by atoms with Crippen LogP contribution in [0.4, 0.5) is 0 Å². The molecule has 1 unspecified atom stereocenters. The largest absolute Gasteiger partial charge is 0.353 e. The van der Waals surface area contributed by atoms with Gasteiger partial charge in [-0.1, -0.05) is 43.7 Å². The molecule has 0 fully saturated rings. The summed E-state index contributed by atoms with van der Waals surface area (Å²) in [6.45, 7) is 8.83. The minimum atomic E-state index is -0.594. The Hall–Kier alpha value is -3.15. The summed E-state index contributed by atoms with van der Waals surface area (Å²) in [5.41, 5.74) is 3.56. The fourth-order valence-corrected chi connectivity index (χ4v) is 3.42. The number of para-hydroxylation sites is 2. The van der Waals surface area contributed by atoms with Crippen LogP contribution in [0.2, 0.25) is 0 Å². The smallest absolute Gasteiger partial charge is 0.251 e. The number of hydrogen-bond acceptors (Lipinski definition) is 3. The zero-order valence-corrected chi connectivity index (χ0v) is 17.4. The summed E-state index contributed by atoms with van der Waals surface area (Å²) < 4.78 is 2.09. The maximum atomic E-state index is 12.7. The molecule has 1 heterocycles. The Kier molecular flexibility index (Phi) is 6.32. The molecule has 6 nitrogen and oxygen atoms in total. The van der Waals surface area contributed by atoms with Crippen LogP contribution in [0.25, 0.3) is 11.0 Å². The summed E-state index contributed by atoms with van der Waals surface area (Å²) in [6.07, 6.45) is 0. The van der Waals surface area contributed by atoms with Gasteiger partial charge in [-0.25, -0.2) is 4.98 Å². The molecule has 1 aromatic heterocycles. The second-order valence-corrected chi connectivity index (χ2v) is 7.66. The molecule has 0 radical (unpaired) electrons. The molecule has 1 atom stereocenters. The number of rotatable bonds is 7. The maximum Gasteiger partial charge on any atom is 0.251 e. The van der Waals surface area contributed by atoms with Gasteiger partial charge < -0.3 is 15.2 Å². The molecule has 0 saturated carbocycles. The van der Waals surface area contributed by atoms with Crippen LogP contribution in [0.15, 0.2) is 48.5 Å². The third kappa shape index (κ3) is 4.83. The Morgan fingerprint density at radius 2 is 1.83 bits per heavy atom. The summed E-state index contributed by atoms with van der Waals surface area (Å²) in [5, 5.41) is 5.83. The average Bonchev–Trinajstić information content (AvgIpc) is 3.01. The number of carbonyl (C=O) groups is 2. The van der Waals surface area contributed by atoms with Gasteiger partial charge in [-0.05, 0) is 44.0 Å². The normalized spacial score (nSPS) is 12.2. The molecule has 0 aliphatic heterocycles. The molecule has 0 aliphatic rings. The maximum absolute atomic E-state index is 12.7. The van der Waals surface area contributed by atoms with Gasteiger partial charge in [0.1, 0.15) is 11.9 Å². The van der Waals surface area contributed by atoms with Crippen LogP contribution in [0.1, 0.15) is 35.6 Å². The van der Waals surface area contributed by atoms with Crippen molar-refractivity contribution in [3.8, 4) is 0 Å². The zero-order valence-electron chi connectivity index (χ0n) is 17.4. The van der Waals surface area contributed by atoms with Crippen molar-refractivity contribution in [2.45, 2.75) is 40.3 Å². The molecular formula is C23H28N4O2. The molecule has 6 heteroatoms. The van der Waals surface area contributed by atoms with Crippen LogP contribution < -0.4 is 10.6 Å². The van der Waals surface area contributed by atoms with E-state index in [-0.39, 0.29) is 17.7 Å². The highest BCUT2D eigenvalue weighted by Gasteiger charge is 2.24. The number of benzene rings is 2. The fraction of sp³-hybridized carbons (Fsp3) is 0.348. The predicted molar refractivity (Wildman–Crippen MR) is 115 cm³/mol. The number of fused-ring (bicyclic) bond motifs is 1. The van der Waals surface area contributed by atoms with E-state index in [4.69, 9.17) is 0 Å². The number of imidazole rings is 1. The van der Waals surface area contributed by atoms with Crippen molar-refractivity contribution < 1.29 is 9.59 Å². The van der Waals surface area contributed by atoms with Gasteiger partial charge in [0.15, 0.2) is 0 Å². The SMILES string of the molecule is Cc1cccc(C(=O)NC(C(=O)NCCn2c(C)nc3ccccc32)C(C)C)c1. The molecule has 2 N–H and O–H groups in total.